The van der Waals surface area contributed by atoms with Gasteiger partial charge in [0, 0.05) is 32.2 Å². The zero-order chi connectivity index (χ0) is 13.4. The SMILES string of the molecule is C#CCCC(NCCC)c1cccc(N(C)C)c1. The summed E-state index contributed by atoms with van der Waals surface area (Å²) in [6.07, 6.45) is 8.32. The Hall–Kier alpha value is -1.46. The number of nitrogens with one attached hydrogen (secondary N) is 1. The van der Waals surface area contributed by atoms with E-state index in [2.05, 4.69) is 61.4 Å². The fraction of sp³-hybridized carbons (Fsp3) is 0.500. The van der Waals surface area contributed by atoms with Gasteiger partial charge >= 0.3 is 0 Å². The van der Waals surface area contributed by atoms with Gasteiger partial charge in [0.15, 0.2) is 0 Å². The lowest BCUT2D eigenvalue weighted by Gasteiger charge is -2.20. The topological polar surface area (TPSA) is 15.3 Å². The van der Waals surface area contributed by atoms with Crippen LogP contribution >= 0.6 is 0 Å². The van der Waals surface area contributed by atoms with Crippen molar-refractivity contribution >= 4 is 5.69 Å². The summed E-state index contributed by atoms with van der Waals surface area (Å²) >= 11 is 0. The van der Waals surface area contributed by atoms with Crippen molar-refractivity contribution in [3.63, 3.8) is 0 Å². The molecule has 0 radical (unpaired) electrons. The molecule has 0 aliphatic heterocycles. The average Bonchev–Trinajstić information content (AvgIpc) is 2.39. The van der Waals surface area contributed by atoms with Crippen molar-refractivity contribution in [1.29, 1.82) is 0 Å². The smallest absolute Gasteiger partial charge is 0.0364 e. The predicted octanol–water partition coefficient (Wildman–Crippen LogP) is 3.21. The molecule has 1 N–H and O–H groups in total. The van der Waals surface area contributed by atoms with Crippen molar-refractivity contribution < 1.29 is 0 Å². The van der Waals surface area contributed by atoms with Crippen LogP contribution in [0.5, 0.6) is 0 Å². The highest BCUT2D eigenvalue weighted by molar-refractivity contribution is 5.47. The molecular weight excluding hydrogens is 220 g/mol. The molecule has 18 heavy (non-hydrogen) atoms. The fourth-order valence-electron chi connectivity index (χ4n) is 1.95. The second kappa shape index (κ2) is 7.79. The lowest BCUT2D eigenvalue weighted by molar-refractivity contribution is 0.505. The average molecular weight is 244 g/mol. The summed E-state index contributed by atoms with van der Waals surface area (Å²) in [7, 11) is 4.13. The minimum atomic E-state index is 0.362. The number of nitrogens with zero attached hydrogens (tertiary/aromatic N) is 1. The number of hydrogen-bond acceptors (Lipinski definition) is 2. The van der Waals surface area contributed by atoms with Crippen LogP contribution in [0.2, 0.25) is 0 Å². The Balaban J connectivity index is 2.82. The molecular formula is C16H24N2. The van der Waals surface area contributed by atoms with E-state index in [0.717, 1.165) is 25.8 Å². The molecule has 0 heterocycles. The number of hydrogen-bond donors (Lipinski definition) is 1. The van der Waals surface area contributed by atoms with Gasteiger partial charge < -0.3 is 10.2 Å². The van der Waals surface area contributed by atoms with Crippen LogP contribution in [0.1, 0.15) is 37.8 Å². The summed E-state index contributed by atoms with van der Waals surface area (Å²) in [6, 6.07) is 9.02. The molecule has 0 spiro atoms. The van der Waals surface area contributed by atoms with Crippen LogP contribution in [-0.4, -0.2) is 20.6 Å². The van der Waals surface area contributed by atoms with Gasteiger partial charge in [-0.2, -0.15) is 0 Å². The van der Waals surface area contributed by atoms with E-state index in [9.17, 15) is 0 Å². The first-order valence-electron chi connectivity index (χ1n) is 6.63. The summed E-state index contributed by atoms with van der Waals surface area (Å²) < 4.78 is 0. The second-order valence-electron chi connectivity index (χ2n) is 4.74. The Labute approximate surface area is 111 Å². The Morgan fingerprint density at radius 1 is 1.39 bits per heavy atom. The summed E-state index contributed by atoms with van der Waals surface area (Å²) in [5.41, 5.74) is 2.56. The molecule has 0 aliphatic carbocycles. The molecule has 1 rings (SSSR count). The Morgan fingerprint density at radius 3 is 2.78 bits per heavy atom. The van der Waals surface area contributed by atoms with Gasteiger partial charge in [0.2, 0.25) is 0 Å². The van der Waals surface area contributed by atoms with Crippen LogP contribution in [0.4, 0.5) is 5.69 Å². The van der Waals surface area contributed by atoms with E-state index in [4.69, 9.17) is 6.42 Å². The number of anilines is 1. The number of rotatable bonds is 7. The molecule has 1 unspecified atom stereocenters. The highest BCUT2D eigenvalue weighted by Crippen LogP contribution is 2.22. The molecule has 1 aromatic rings. The molecule has 0 fully saturated rings. The van der Waals surface area contributed by atoms with Crippen LogP contribution in [0.3, 0.4) is 0 Å². The van der Waals surface area contributed by atoms with E-state index in [0.29, 0.717) is 6.04 Å². The second-order valence-corrected chi connectivity index (χ2v) is 4.74. The molecule has 0 saturated heterocycles. The van der Waals surface area contributed by atoms with E-state index in [1.54, 1.807) is 0 Å². The van der Waals surface area contributed by atoms with E-state index in [1.165, 1.54) is 11.3 Å². The molecule has 0 aromatic heterocycles. The van der Waals surface area contributed by atoms with E-state index < -0.39 is 0 Å². The van der Waals surface area contributed by atoms with Crippen LogP contribution in [0.25, 0.3) is 0 Å². The van der Waals surface area contributed by atoms with Crippen molar-refractivity contribution in [3.05, 3.63) is 29.8 Å². The first-order chi connectivity index (χ1) is 8.69. The first-order valence-corrected chi connectivity index (χ1v) is 6.63. The van der Waals surface area contributed by atoms with Gasteiger partial charge in [-0.05, 0) is 37.1 Å². The van der Waals surface area contributed by atoms with Crippen LogP contribution in [-0.2, 0) is 0 Å². The maximum absolute atomic E-state index is 5.38. The fourth-order valence-corrected chi connectivity index (χ4v) is 1.95. The number of terminal acetylenes is 1. The van der Waals surface area contributed by atoms with E-state index >= 15 is 0 Å². The van der Waals surface area contributed by atoms with Gasteiger partial charge in [0.25, 0.3) is 0 Å². The summed E-state index contributed by atoms with van der Waals surface area (Å²) in [6.45, 7) is 3.21. The van der Waals surface area contributed by atoms with Crippen molar-refractivity contribution in [1.82, 2.24) is 5.32 Å². The minimum Gasteiger partial charge on any atom is -0.378 e. The molecule has 1 aromatic carbocycles. The van der Waals surface area contributed by atoms with Gasteiger partial charge in [-0.15, -0.1) is 12.3 Å². The monoisotopic (exact) mass is 244 g/mol. The Kier molecular flexibility index (Phi) is 6.32. The largest absolute Gasteiger partial charge is 0.378 e. The maximum Gasteiger partial charge on any atom is 0.0364 e. The predicted molar refractivity (Wildman–Crippen MR) is 79.9 cm³/mol. The summed E-state index contributed by atoms with van der Waals surface area (Å²) in [5, 5.41) is 3.57. The molecule has 2 nitrogen and oxygen atoms in total. The highest BCUT2D eigenvalue weighted by Gasteiger charge is 2.10. The molecule has 98 valence electrons. The Bertz CT molecular complexity index is 390. The standard InChI is InChI=1S/C16H24N2/c1-5-7-11-16(17-12-6-2)14-9-8-10-15(13-14)18(3)4/h1,8-10,13,16-17H,6-7,11-12H2,2-4H3. The lowest BCUT2D eigenvalue weighted by atomic mass is 10.0. The highest BCUT2D eigenvalue weighted by atomic mass is 15.1. The quantitative estimate of drug-likeness (QED) is 0.741. The van der Waals surface area contributed by atoms with E-state index in [1.807, 2.05) is 0 Å². The number of benzene rings is 1. The molecule has 0 saturated carbocycles. The van der Waals surface area contributed by atoms with E-state index in [-0.39, 0.29) is 0 Å². The van der Waals surface area contributed by atoms with Crippen molar-refractivity contribution in [2.75, 3.05) is 25.5 Å². The van der Waals surface area contributed by atoms with Gasteiger partial charge in [-0.1, -0.05) is 19.1 Å². The minimum absolute atomic E-state index is 0.362. The van der Waals surface area contributed by atoms with Crippen LogP contribution in [0.15, 0.2) is 24.3 Å². The van der Waals surface area contributed by atoms with Gasteiger partial charge in [0.05, 0.1) is 0 Å². The van der Waals surface area contributed by atoms with Crippen molar-refractivity contribution in [2.24, 2.45) is 0 Å². The summed E-state index contributed by atoms with van der Waals surface area (Å²) in [4.78, 5) is 2.13. The Morgan fingerprint density at radius 2 is 2.17 bits per heavy atom. The third kappa shape index (κ3) is 4.43. The van der Waals surface area contributed by atoms with Crippen molar-refractivity contribution in [2.45, 2.75) is 32.2 Å². The van der Waals surface area contributed by atoms with Crippen LogP contribution < -0.4 is 10.2 Å². The summed E-state index contributed by atoms with van der Waals surface area (Å²) in [5.74, 6) is 2.73. The molecule has 0 amide bonds. The molecule has 0 aliphatic rings. The molecule has 0 bridgehead atoms. The van der Waals surface area contributed by atoms with Gasteiger partial charge in [0.1, 0.15) is 0 Å². The third-order valence-electron chi connectivity index (χ3n) is 3.01. The van der Waals surface area contributed by atoms with Crippen molar-refractivity contribution in [3.8, 4) is 12.3 Å². The molecule has 2 heteroatoms. The lowest BCUT2D eigenvalue weighted by Crippen LogP contribution is -2.22. The van der Waals surface area contributed by atoms with Gasteiger partial charge in [-0.25, -0.2) is 0 Å². The zero-order valence-corrected chi connectivity index (χ0v) is 11.7. The molecule has 1 atom stereocenters. The normalized spacial score (nSPS) is 11.9. The van der Waals surface area contributed by atoms with Crippen LogP contribution in [0, 0.1) is 12.3 Å². The van der Waals surface area contributed by atoms with Gasteiger partial charge in [-0.3, -0.25) is 0 Å². The third-order valence-corrected chi connectivity index (χ3v) is 3.01. The zero-order valence-electron chi connectivity index (χ0n) is 11.7. The first kappa shape index (κ1) is 14.6. The maximum atomic E-state index is 5.38.